The van der Waals surface area contributed by atoms with Gasteiger partial charge in [0.05, 0.1) is 22.9 Å². The van der Waals surface area contributed by atoms with Crippen LogP contribution in [0.25, 0.3) is 6.08 Å². The number of aryl methyl sites for hydroxylation is 4. The predicted octanol–water partition coefficient (Wildman–Crippen LogP) is 7.89. The number of aliphatic imine (C=N–C) groups is 1. The first-order valence-electron chi connectivity index (χ1n) is 11.2. The van der Waals surface area contributed by atoms with Crippen LogP contribution >= 0.6 is 27.7 Å². The summed E-state index contributed by atoms with van der Waals surface area (Å²) in [5, 5.41) is 0.635. The van der Waals surface area contributed by atoms with E-state index in [9.17, 15) is 4.79 Å². The van der Waals surface area contributed by atoms with Crippen molar-refractivity contribution in [3.8, 4) is 5.75 Å². The highest BCUT2D eigenvalue weighted by atomic mass is 79.9. The predicted molar refractivity (Wildman–Crippen MR) is 147 cm³/mol. The number of carbonyl (C=O) groups is 1. The monoisotopic (exact) mass is 534 g/mol. The van der Waals surface area contributed by atoms with Crippen molar-refractivity contribution in [2.75, 3.05) is 11.5 Å². The van der Waals surface area contributed by atoms with E-state index < -0.39 is 0 Å². The molecule has 1 amide bonds. The van der Waals surface area contributed by atoms with Gasteiger partial charge in [0.2, 0.25) is 0 Å². The summed E-state index contributed by atoms with van der Waals surface area (Å²) in [5.41, 5.74) is 7.17. The van der Waals surface area contributed by atoms with Gasteiger partial charge in [-0.15, -0.1) is 0 Å². The molecule has 3 aromatic rings. The average molecular weight is 536 g/mol. The Morgan fingerprint density at radius 3 is 2.32 bits per heavy atom. The quantitative estimate of drug-likeness (QED) is 0.312. The van der Waals surface area contributed by atoms with Crippen molar-refractivity contribution in [3.05, 3.63) is 91.8 Å². The summed E-state index contributed by atoms with van der Waals surface area (Å²) in [4.78, 5) is 20.9. The van der Waals surface area contributed by atoms with Gasteiger partial charge in [-0.05, 0) is 117 Å². The molecule has 0 unspecified atom stereocenters. The molecule has 0 spiro atoms. The summed E-state index contributed by atoms with van der Waals surface area (Å²) >= 11 is 4.91. The summed E-state index contributed by atoms with van der Waals surface area (Å²) in [6.45, 7) is 10.8. The van der Waals surface area contributed by atoms with Crippen LogP contribution in [0, 0.1) is 27.7 Å². The van der Waals surface area contributed by atoms with Crippen molar-refractivity contribution in [2.24, 2.45) is 4.99 Å². The molecule has 4 rings (SSSR count). The maximum atomic E-state index is 13.7. The number of anilines is 1. The van der Waals surface area contributed by atoms with Crippen molar-refractivity contribution in [1.82, 2.24) is 0 Å². The molecule has 1 heterocycles. The molecule has 0 bridgehead atoms. The summed E-state index contributed by atoms with van der Waals surface area (Å²) in [6.07, 6.45) is 1.89. The zero-order chi connectivity index (χ0) is 24.4. The van der Waals surface area contributed by atoms with E-state index in [0.29, 0.717) is 16.7 Å². The molecule has 0 N–H and O–H groups in total. The molecule has 174 valence electrons. The number of benzene rings is 3. The fourth-order valence-electron chi connectivity index (χ4n) is 3.61. The standard InChI is InChI=1S/C28H27BrN2O2S/c1-6-33-25-12-9-22(29)15-21(25)16-26-27(32)31(24-11-8-18(3)20(5)14-24)28(34-26)30-23-10-7-17(2)19(4)13-23/h7-16H,6H2,1-5H3/b26-16-,30-28?. The number of hydrogen-bond acceptors (Lipinski definition) is 4. The molecule has 0 saturated carbocycles. The van der Waals surface area contributed by atoms with Gasteiger partial charge in [-0.1, -0.05) is 28.1 Å². The van der Waals surface area contributed by atoms with Crippen molar-refractivity contribution in [3.63, 3.8) is 0 Å². The van der Waals surface area contributed by atoms with E-state index in [4.69, 9.17) is 9.73 Å². The second-order valence-electron chi connectivity index (χ2n) is 8.30. The molecule has 6 heteroatoms. The van der Waals surface area contributed by atoms with E-state index in [2.05, 4.69) is 55.8 Å². The van der Waals surface area contributed by atoms with Crippen LogP contribution in [-0.2, 0) is 4.79 Å². The fraction of sp³-hybridized carbons (Fsp3) is 0.214. The van der Waals surface area contributed by atoms with E-state index in [1.54, 1.807) is 4.90 Å². The molecular weight excluding hydrogens is 508 g/mol. The van der Waals surface area contributed by atoms with Gasteiger partial charge < -0.3 is 4.74 Å². The highest BCUT2D eigenvalue weighted by Gasteiger charge is 2.35. The van der Waals surface area contributed by atoms with E-state index in [1.807, 2.05) is 55.5 Å². The number of ether oxygens (including phenoxy) is 1. The molecule has 1 fully saturated rings. The first kappa shape index (κ1) is 24.3. The van der Waals surface area contributed by atoms with Crippen LogP contribution in [0.15, 0.2) is 69.0 Å². The minimum atomic E-state index is -0.0988. The maximum absolute atomic E-state index is 13.7. The van der Waals surface area contributed by atoms with Gasteiger partial charge in [0.1, 0.15) is 5.75 Å². The number of carbonyl (C=O) groups excluding carboxylic acids is 1. The van der Waals surface area contributed by atoms with Gasteiger partial charge in [-0.3, -0.25) is 9.69 Å². The Hall–Kier alpha value is -2.83. The lowest BCUT2D eigenvalue weighted by Crippen LogP contribution is -2.28. The minimum Gasteiger partial charge on any atom is -0.493 e. The summed E-state index contributed by atoms with van der Waals surface area (Å²) < 4.78 is 6.72. The minimum absolute atomic E-state index is 0.0988. The first-order chi connectivity index (χ1) is 16.3. The van der Waals surface area contributed by atoms with Crippen LogP contribution in [0.1, 0.15) is 34.7 Å². The van der Waals surface area contributed by atoms with E-state index >= 15 is 0 Å². The van der Waals surface area contributed by atoms with Gasteiger partial charge in [-0.2, -0.15) is 0 Å². The number of nitrogens with zero attached hydrogens (tertiary/aromatic N) is 2. The SMILES string of the molecule is CCOc1ccc(Br)cc1/C=C1\SC(=Nc2ccc(C)c(C)c2)N(c2ccc(C)c(C)c2)C1=O. The Balaban J connectivity index is 1.82. The lowest BCUT2D eigenvalue weighted by molar-refractivity contribution is -0.113. The zero-order valence-corrected chi connectivity index (χ0v) is 22.4. The van der Waals surface area contributed by atoms with Gasteiger partial charge in [0.15, 0.2) is 5.17 Å². The smallest absolute Gasteiger partial charge is 0.271 e. The van der Waals surface area contributed by atoms with Gasteiger partial charge in [-0.25, -0.2) is 4.99 Å². The molecule has 0 aliphatic carbocycles. The van der Waals surface area contributed by atoms with Crippen molar-refractivity contribution in [1.29, 1.82) is 0 Å². The van der Waals surface area contributed by atoms with E-state index in [-0.39, 0.29) is 5.91 Å². The Morgan fingerprint density at radius 1 is 0.941 bits per heavy atom. The van der Waals surface area contributed by atoms with E-state index in [0.717, 1.165) is 32.7 Å². The molecule has 1 aliphatic heterocycles. The second kappa shape index (κ2) is 10.2. The molecular formula is C28H27BrN2O2S. The van der Waals surface area contributed by atoms with E-state index in [1.165, 1.54) is 28.5 Å². The summed E-state index contributed by atoms with van der Waals surface area (Å²) in [6, 6.07) is 18.0. The zero-order valence-electron chi connectivity index (χ0n) is 20.0. The van der Waals surface area contributed by atoms with Gasteiger partial charge in [0, 0.05) is 10.0 Å². The topological polar surface area (TPSA) is 41.9 Å². The van der Waals surface area contributed by atoms with Crippen LogP contribution in [0.2, 0.25) is 0 Å². The number of thioether (sulfide) groups is 1. The number of halogens is 1. The molecule has 0 aromatic heterocycles. The number of amides is 1. The second-order valence-corrected chi connectivity index (χ2v) is 10.2. The third-order valence-electron chi connectivity index (χ3n) is 5.83. The lowest BCUT2D eigenvalue weighted by atomic mass is 10.1. The Morgan fingerprint density at radius 2 is 1.65 bits per heavy atom. The maximum Gasteiger partial charge on any atom is 0.271 e. The van der Waals surface area contributed by atoms with Crippen LogP contribution < -0.4 is 9.64 Å². The first-order valence-corrected chi connectivity index (χ1v) is 12.8. The molecule has 1 aliphatic rings. The molecule has 4 nitrogen and oxygen atoms in total. The Labute approximate surface area is 213 Å². The molecule has 34 heavy (non-hydrogen) atoms. The van der Waals surface area contributed by atoms with Gasteiger partial charge in [0.25, 0.3) is 5.91 Å². The van der Waals surface area contributed by atoms with Crippen LogP contribution in [0.5, 0.6) is 5.75 Å². The molecule has 1 saturated heterocycles. The molecule has 0 radical (unpaired) electrons. The molecule has 3 aromatic carbocycles. The summed E-state index contributed by atoms with van der Waals surface area (Å²) in [5.74, 6) is 0.641. The molecule has 0 atom stereocenters. The largest absolute Gasteiger partial charge is 0.493 e. The number of rotatable bonds is 5. The Bertz CT molecular complexity index is 1330. The van der Waals surface area contributed by atoms with Crippen LogP contribution in [-0.4, -0.2) is 17.7 Å². The number of hydrogen-bond donors (Lipinski definition) is 0. The van der Waals surface area contributed by atoms with Gasteiger partial charge >= 0.3 is 0 Å². The average Bonchev–Trinajstić information content (AvgIpc) is 3.09. The van der Waals surface area contributed by atoms with Crippen molar-refractivity contribution < 1.29 is 9.53 Å². The van der Waals surface area contributed by atoms with Crippen molar-refractivity contribution >= 4 is 56.2 Å². The third kappa shape index (κ3) is 5.13. The third-order valence-corrected chi connectivity index (χ3v) is 7.29. The van der Waals surface area contributed by atoms with Crippen LogP contribution in [0.3, 0.4) is 0 Å². The normalized spacial score (nSPS) is 16.1. The number of amidine groups is 1. The highest BCUT2D eigenvalue weighted by molar-refractivity contribution is 9.10. The Kier molecular flexibility index (Phi) is 7.29. The van der Waals surface area contributed by atoms with Crippen molar-refractivity contribution in [2.45, 2.75) is 34.6 Å². The summed E-state index contributed by atoms with van der Waals surface area (Å²) in [7, 11) is 0. The lowest BCUT2D eigenvalue weighted by Gasteiger charge is -2.17. The fourth-order valence-corrected chi connectivity index (χ4v) is 4.98. The highest BCUT2D eigenvalue weighted by Crippen LogP contribution is 2.39. The van der Waals surface area contributed by atoms with Crippen LogP contribution in [0.4, 0.5) is 11.4 Å².